The SMILES string of the molecule is N#Cc1nc(-c2ccc(F)cc2)oc1C(CCCCCC(=O)c1ncco1)NC(=O)c1cncs1. The van der Waals surface area contributed by atoms with Gasteiger partial charge >= 0.3 is 0 Å². The third-order valence-electron chi connectivity index (χ3n) is 5.20. The van der Waals surface area contributed by atoms with Crippen molar-refractivity contribution in [1.29, 1.82) is 5.26 Å². The molecule has 0 aliphatic rings. The number of aromatic nitrogens is 3. The third kappa shape index (κ3) is 6.04. The zero-order chi connectivity index (χ0) is 24.6. The monoisotopic (exact) mass is 493 g/mol. The minimum Gasteiger partial charge on any atom is -0.442 e. The lowest BCUT2D eigenvalue weighted by atomic mass is 10.0. The number of hydrogen-bond acceptors (Lipinski definition) is 9. The summed E-state index contributed by atoms with van der Waals surface area (Å²) in [5, 5.41) is 12.5. The van der Waals surface area contributed by atoms with E-state index in [4.69, 9.17) is 8.83 Å². The van der Waals surface area contributed by atoms with E-state index in [0.717, 1.165) is 0 Å². The summed E-state index contributed by atoms with van der Waals surface area (Å²) in [6, 6.07) is 6.93. The van der Waals surface area contributed by atoms with Crippen molar-refractivity contribution < 1.29 is 22.8 Å². The second-order valence-electron chi connectivity index (χ2n) is 7.60. The quantitative estimate of drug-likeness (QED) is 0.225. The van der Waals surface area contributed by atoms with Crippen molar-refractivity contribution in [3.63, 3.8) is 0 Å². The maximum absolute atomic E-state index is 13.3. The van der Waals surface area contributed by atoms with Gasteiger partial charge in [-0.2, -0.15) is 10.2 Å². The smallest absolute Gasteiger partial charge is 0.263 e. The molecule has 0 saturated heterocycles. The van der Waals surface area contributed by atoms with Gasteiger partial charge in [-0.3, -0.25) is 14.6 Å². The van der Waals surface area contributed by atoms with Crippen LogP contribution in [0.3, 0.4) is 0 Å². The summed E-state index contributed by atoms with van der Waals surface area (Å²) in [4.78, 5) is 37.2. The predicted octanol–water partition coefficient (Wildman–Crippen LogP) is 5.10. The molecular weight excluding hydrogens is 473 g/mol. The van der Waals surface area contributed by atoms with Crippen LogP contribution in [-0.2, 0) is 0 Å². The number of nitrogens with zero attached hydrogens (tertiary/aromatic N) is 4. The molecule has 3 aromatic heterocycles. The fraction of sp³-hybridized carbons (Fsp3) is 0.250. The molecule has 0 fully saturated rings. The van der Waals surface area contributed by atoms with E-state index in [1.807, 2.05) is 6.07 Å². The van der Waals surface area contributed by atoms with Crippen molar-refractivity contribution in [2.75, 3.05) is 0 Å². The number of amides is 1. The maximum atomic E-state index is 13.3. The zero-order valence-electron chi connectivity index (χ0n) is 18.4. The minimum absolute atomic E-state index is 0.0398. The first-order valence-corrected chi connectivity index (χ1v) is 11.7. The Balaban J connectivity index is 1.47. The molecule has 9 nitrogen and oxygen atoms in total. The van der Waals surface area contributed by atoms with Gasteiger partial charge in [0.25, 0.3) is 11.8 Å². The van der Waals surface area contributed by atoms with Gasteiger partial charge in [-0.05, 0) is 37.1 Å². The molecule has 11 heteroatoms. The van der Waals surface area contributed by atoms with E-state index in [9.17, 15) is 19.2 Å². The highest BCUT2D eigenvalue weighted by atomic mass is 32.1. The topological polar surface area (TPSA) is 135 Å². The summed E-state index contributed by atoms with van der Waals surface area (Å²) < 4.78 is 24.2. The van der Waals surface area contributed by atoms with Crippen molar-refractivity contribution in [3.05, 3.63) is 76.5 Å². The number of carbonyl (C=O) groups is 2. The first-order chi connectivity index (χ1) is 17.0. The number of rotatable bonds is 11. The van der Waals surface area contributed by atoms with Crippen LogP contribution in [0.25, 0.3) is 11.5 Å². The number of thiazole rings is 1. The lowest BCUT2D eigenvalue weighted by Crippen LogP contribution is -2.28. The molecule has 0 bridgehead atoms. The molecule has 1 unspecified atom stereocenters. The van der Waals surface area contributed by atoms with E-state index in [0.29, 0.717) is 42.5 Å². The highest BCUT2D eigenvalue weighted by molar-refractivity contribution is 7.11. The van der Waals surface area contributed by atoms with Gasteiger partial charge in [0.1, 0.15) is 23.0 Å². The minimum atomic E-state index is -0.636. The van der Waals surface area contributed by atoms with Crippen LogP contribution in [-0.4, -0.2) is 26.6 Å². The molecular formula is C24H20FN5O4S. The fourth-order valence-electron chi connectivity index (χ4n) is 3.47. The summed E-state index contributed by atoms with van der Waals surface area (Å²) in [5.41, 5.74) is 2.10. The molecule has 0 aliphatic carbocycles. The van der Waals surface area contributed by atoms with Crippen molar-refractivity contribution in [2.24, 2.45) is 0 Å². The Labute approximate surface area is 203 Å². The molecule has 0 saturated carbocycles. The van der Waals surface area contributed by atoms with Gasteiger partial charge in [0, 0.05) is 12.0 Å². The molecule has 1 atom stereocenters. The zero-order valence-corrected chi connectivity index (χ0v) is 19.3. The van der Waals surface area contributed by atoms with Gasteiger partial charge in [-0.1, -0.05) is 12.8 Å². The van der Waals surface area contributed by atoms with Crippen LogP contribution in [0.15, 0.2) is 57.3 Å². The molecule has 0 radical (unpaired) electrons. The van der Waals surface area contributed by atoms with E-state index in [1.165, 1.54) is 54.3 Å². The number of Topliss-reactive ketones (excluding diaryl/α,β-unsaturated/α-hetero) is 1. The number of nitrogens with one attached hydrogen (secondary N) is 1. The Kier molecular flexibility index (Phi) is 7.74. The van der Waals surface area contributed by atoms with Crippen LogP contribution in [0.5, 0.6) is 0 Å². The van der Waals surface area contributed by atoms with E-state index < -0.39 is 11.9 Å². The average molecular weight is 494 g/mol. The van der Waals surface area contributed by atoms with E-state index in [2.05, 4.69) is 20.3 Å². The average Bonchev–Trinajstić information content (AvgIpc) is 3.65. The number of unbranched alkanes of at least 4 members (excludes halogenated alkanes) is 2. The number of carbonyl (C=O) groups excluding carboxylic acids is 2. The lowest BCUT2D eigenvalue weighted by molar-refractivity contribution is 0.0931. The molecule has 35 heavy (non-hydrogen) atoms. The Hall–Kier alpha value is -4.17. The summed E-state index contributed by atoms with van der Waals surface area (Å²) in [6.45, 7) is 0. The van der Waals surface area contributed by atoms with Gasteiger partial charge in [0.2, 0.25) is 11.7 Å². The molecule has 4 aromatic rings. The van der Waals surface area contributed by atoms with Crippen LogP contribution in [0.4, 0.5) is 4.39 Å². The molecule has 1 amide bonds. The molecule has 0 aliphatic heterocycles. The highest BCUT2D eigenvalue weighted by Gasteiger charge is 2.26. The van der Waals surface area contributed by atoms with Crippen LogP contribution in [0.1, 0.15) is 70.0 Å². The molecule has 1 N–H and O–H groups in total. The van der Waals surface area contributed by atoms with Gasteiger partial charge in [0.05, 0.1) is 23.9 Å². The van der Waals surface area contributed by atoms with E-state index >= 15 is 0 Å². The Bertz CT molecular complexity index is 1310. The van der Waals surface area contributed by atoms with Crippen molar-refractivity contribution in [2.45, 2.75) is 38.1 Å². The molecule has 178 valence electrons. The molecule has 1 aromatic carbocycles. The summed E-state index contributed by atoms with van der Waals surface area (Å²) in [5.74, 6) is -0.452. The Morgan fingerprint density at radius 3 is 2.71 bits per heavy atom. The standard InChI is InChI=1S/C24H20FN5O4S/c25-16-8-6-15(7-9-16)23-30-18(12-26)21(34-23)17(29-22(32)20-13-27-14-35-20)4-2-1-3-5-19(31)24-28-10-11-33-24/h6-11,13-14,17H,1-5H2,(H,29,32). The molecule has 3 heterocycles. The van der Waals surface area contributed by atoms with Gasteiger partial charge in [-0.25, -0.2) is 9.37 Å². The summed E-state index contributed by atoms with van der Waals surface area (Å²) in [6.07, 6.45) is 6.93. The van der Waals surface area contributed by atoms with Gasteiger partial charge in [-0.15, -0.1) is 11.3 Å². The van der Waals surface area contributed by atoms with Gasteiger partial charge < -0.3 is 14.2 Å². The molecule has 0 spiro atoms. The number of nitriles is 1. The second kappa shape index (κ2) is 11.3. The normalized spacial score (nSPS) is 11.7. The summed E-state index contributed by atoms with van der Waals surface area (Å²) >= 11 is 1.19. The second-order valence-corrected chi connectivity index (χ2v) is 8.49. The van der Waals surface area contributed by atoms with Crippen molar-refractivity contribution in [3.8, 4) is 17.5 Å². The van der Waals surface area contributed by atoms with Gasteiger partial charge in [0.15, 0.2) is 11.5 Å². The summed E-state index contributed by atoms with van der Waals surface area (Å²) in [7, 11) is 0. The number of halogens is 1. The number of ketones is 1. The Morgan fingerprint density at radius 2 is 2.03 bits per heavy atom. The van der Waals surface area contributed by atoms with Crippen LogP contribution in [0.2, 0.25) is 0 Å². The number of benzene rings is 1. The van der Waals surface area contributed by atoms with Crippen LogP contribution < -0.4 is 5.32 Å². The predicted molar refractivity (Wildman–Crippen MR) is 123 cm³/mol. The lowest BCUT2D eigenvalue weighted by Gasteiger charge is -2.16. The Morgan fingerprint density at radius 1 is 1.20 bits per heavy atom. The van der Waals surface area contributed by atoms with Crippen LogP contribution >= 0.6 is 11.3 Å². The maximum Gasteiger partial charge on any atom is 0.263 e. The van der Waals surface area contributed by atoms with E-state index in [-0.39, 0.29) is 34.9 Å². The van der Waals surface area contributed by atoms with Crippen molar-refractivity contribution >= 4 is 23.0 Å². The first kappa shape index (κ1) is 24.0. The largest absolute Gasteiger partial charge is 0.442 e. The third-order valence-corrected chi connectivity index (χ3v) is 5.97. The fourth-order valence-corrected chi connectivity index (χ4v) is 3.99. The number of hydrogen-bond donors (Lipinski definition) is 1. The van der Waals surface area contributed by atoms with Crippen LogP contribution in [0, 0.1) is 17.1 Å². The molecule has 4 rings (SSSR count). The first-order valence-electron chi connectivity index (χ1n) is 10.8. The van der Waals surface area contributed by atoms with Crippen molar-refractivity contribution in [1.82, 2.24) is 20.3 Å². The van der Waals surface area contributed by atoms with E-state index in [1.54, 1.807) is 5.51 Å². The highest BCUT2D eigenvalue weighted by Crippen LogP contribution is 2.29. The number of oxazole rings is 2.